The lowest BCUT2D eigenvalue weighted by molar-refractivity contribution is -0.115. The fraction of sp³-hybridized carbons (Fsp3) is 0.238. The summed E-state index contributed by atoms with van der Waals surface area (Å²) >= 11 is 0. The van der Waals surface area contributed by atoms with E-state index >= 15 is 0 Å². The highest BCUT2D eigenvalue weighted by Gasteiger charge is 2.08. The Balaban J connectivity index is 1.52. The number of aryl methyl sites for hydroxylation is 1. The first-order chi connectivity index (χ1) is 13.1. The maximum Gasteiger partial charge on any atom is 0.229 e. The Bertz CT molecular complexity index is 881. The standard InChI is InChI=1S/C21H23N5O/c1-16-4-3-5-18(14-16)15-21(27)23-19-6-7-20(25-24-19)26(2)13-10-17-8-11-22-12-9-17/h3-9,11-12,14H,10,13,15H2,1-2H3,(H,23,24,27). The number of amides is 1. The summed E-state index contributed by atoms with van der Waals surface area (Å²) in [7, 11) is 1.97. The molecule has 3 aromatic rings. The van der Waals surface area contributed by atoms with E-state index in [1.54, 1.807) is 18.5 Å². The normalized spacial score (nSPS) is 10.4. The molecule has 3 rings (SSSR count). The van der Waals surface area contributed by atoms with Crippen LogP contribution in [0, 0.1) is 6.92 Å². The van der Waals surface area contributed by atoms with Crippen LogP contribution < -0.4 is 10.2 Å². The van der Waals surface area contributed by atoms with Crippen LogP contribution in [0.5, 0.6) is 0 Å². The van der Waals surface area contributed by atoms with E-state index in [1.165, 1.54) is 5.56 Å². The van der Waals surface area contributed by atoms with Gasteiger partial charge in [0.05, 0.1) is 6.42 Å². The van der Waals surface area contributed by atoms with Crippen LogP contribution in [0.15, 0.2) is 60.9 Å². The number of aromatic nitrogens is 3. The Morgan fingerprint density at radius 1 is 1.04 bits per heavy atom. The van der Waals surface area contributed by atoms with E-state index in [0.29, 0.717) is 12.2 Å². The van der Waals surface area contributed by atoms with Crippen LogP contribution in [0.25, 0.3) is 0 Å². The van der Waals surface area contributed by atoms with Crippen LogP contribution in [0.3, 0.4) is 0 Å². The molecule has 27 heavy (non-hydrogen) atoms. The molecule has 2 aromatic heterocycles. The second-order valence-electron chi connectivity index (χ2n) is 6.52. The fourth-order valence-corrected chi connectivity index (χ4v) is 2.75. The summed E-state index contributed by atoms with van der Waals surface area (Å²) in [5, 5.41) is 11.1. The maximum absolute atomic E-state index is 12.2. The van der Waals surface area contributed by atoms with Crippen molar-refractivity contribution in [2.75, 3.05) is 23.8 Å². The molecule has 6 nitrogen and oxygen atoms in total. The first kappa shape index (κ1) is 18.5. The van der Waals surface area contributed by atoms with Gasteiger partial charge in [-0.2, -0.15) is 0 Å². The zero-order chi connectivity index (χ0) is 19.1. The molecule has 138 valence electrons. The lowest BCUT2D eigenvalue weighted by Crippen LogP contribution is -2.22. The Labute approximate surface area is 159 Å². The van der Waals surface area contributed by atoms with Crippen molar-refractivity contribution in [2.45, 2.75) is 19.8 Å². The third kappa shape index (κ3) is 5.60. The molecule has 0 bridgehead atoms. The molecule has 0 saturated heterocycles. The molecule has 0 aliphatic heterocycles. The number of carbonyl (C=O) groups excluding carboxylic acids is 1. The Kier molecular flexibility index (Phi) is 6.10. The van der Waals surface area contributed by atoms with E-state index in [2.05, 4.69) is 20.5 Å². The van der Waals surface area contributed by atoms with Gasteiger partial charge in [-0.1, -0.05) is 29.8 Å². The highest BCUT2D eigenvalue weighted by Crippen LogP contribution is 2.12. The average molecular weight is 361 g/mol. The summed E-state index contributed by atoms with van der Waals surface area (Å²) in [5.41, 5.74) is 3.34. The van der Waals surface area contributed by atoms with Crippen LogP contribution >= 0.6 is 0 Å². The number of hydrogen-bond donors (Lipinski definition) is 1. The van der Waals surface area contributed by atoms with Gasteiger partial charge < -0.3 is 10.2 Å². The van der Waals surface area contributed by atoms with Gasteiger partial charge in [-0.3, -0.25) is 9.78 Å². The van der Waals surface area contributed by atoms with Gasteiger partial charge in [0.25, 0.3) is 0 Å². The minimum Gasteiger partial charge on any atom is -0.358 e. The molecule has 2 heterocycles. The van der Waals surface area contributed by atoms with Crippen LogP contribution in [-0.2, 0) is 17.6 Å². The summed E-state index contributed by atoms with van der Waals surface area (Å²) < 4.78 is 0. The van der Waals surface area contributed by atoms with E-state index in [4.69, 9.17) is 0 Å². The molecule has 0 spiro atoms. The van der Waals surface area contributed by atoms with Crippen molar-refractivity contribution in [3.05, 3.63) is 77.6 Å². The second kappa shape index (κ2) is 8.89. The van der Waals surface area contributed by atoms with Crippen LogP contribution in [0.1, 0.15) is 16.7 Å². The van der Waals surface area contributed by atoms with E-state index < -0.39 is 0 Å². The molecule has 0 radical (unpaired) electrons. The molecule has 0 aliphatic rings. The molecule has 0 saturated carbocycles. The zero-order valence-corrected chi connectivity index (χ0v) is 15.6. The zero-order valence-electron chi connectivity index (χ0n) is 15.6. The van der Waals surface area contributed by atoms with Gasteiger partial charge >= 0.3 is 0 Å². The van der Waals surface area contributed by atoms with Crippen LogP contribution in [0.4, 0.5) is 11.6 Å². The predicted molar refractivity (Wildman–Crippen MR) is 107 cm³/mol. The van der Waals surface area contributed by atoms with Gasteiger partial charge in [0.15, 0.2) is 11.6 Å². The number of rotatable bonds is 7. The average Bonchev–Trinajstić information content (AvgIpc) is 2.67. The Morgan fingerprint density at radius 2 is 1.85 bits per heavy atom. The monoisotopic (exact) mass is 361 g/mol. The van der Waals surface area contributed by atoms with E-state index in [-0.39, 0.29) is 5.91 Å². The molecular formula is C21H23N5O. The predicted octanol–water partition coefficient (Wildman–Crippen LogP) is 3.04. The first-order valence-electron chi connectivity index (χ1n) is 8.89. The lowest BCUT2D eigenvalue weighted by atomic mass is 10.1. The molecule has 0 fully saturated rings. The molecule has 1 aromatic carbocycles. The summed E-state index contributed by atoms with van der Waals surface area (Å²) in [6, 6.07) is 15.6. The van der Waals surface area contributed by atoms with Gasteiger partial charge in [0.1, 0.15) is 0 Å². The lowest BCUT2D eigenvalue weighted by Gasteiger charge is -2.17. The van der Waals surface area contributed by atoms with Gasteiger partial charge in [-0.25, -0.2) is 0 Å². The van der Waals surface area contributed by atoms with Crippen molar-refractivity contribution in [1.82, 2.24) is 15.2 Å². The summed E-state index contributed by atoms with van der Waals surface area (Å²) in [5.74, 6) is 1.12. The van der Waals surface area contributed by atoms with Crippen molar-refractivity contribution in [3.63, 3.8) is 0 Å². The quantitative estimate of drug-likeness (QED) is 0.700. The number of benzene rings is 1. The molecule has 0 aliphatic carbocycles. The highest BCUT2D eigenvalue weighted by atomic mass is 16.1. The van der Waals surface area contributed by atoms with Gasteiger partial charge in [0.2, 0.25) is 5.91 Å². The van der Waals surface area contributed by atoms with Gasteiger partial charge in [-0.05, 0) is 48.7 Å². The number of nitrogens with zero attached hydrogens (tertiary/aromatic N) is 4. The number of nitrogens with one attached hydrogen (secondary N) is 1. The maximum atomic E-state index is 12.2. The number of pyridine rings is 1. The molecule has 1 amide bonds. The van der Waals surface area contributed by atoms with E-state index in [9.17, 15) is 4.79 Å². The minimum atomic E-state index is -0.103. The van der Waals surface area contributed by atoms with Gasteiger partial charge in [-0.15, -0.1) is 10.2 Å². The molecular weight excluding hydrogens is 338 g/mol. The third-order valence-electron chi connectivity index (χ3n) is 4.24. The molecule has 6 heteroatoms. The van der Waals surface area contributed by atoms with Crippen molar-refractivity contribution < 1.29 is 4.79 Å². The molecule has 0 unspecified atom stereocenters. The van der Waals surface area contributed by atoms with E-state index in [1.807, 2.05) is 61.3 Å². The number of hydrogen-bond acceptors (Lipinski definition) is 5. The van der Waals surface area contributed by atoms with Crippen molar-refractivity contribution in [3.8, 4) is 0 Å². The molecule has 1 N–H and O–H groups in total. The summed E-state index contributed by atoms with van der Waals surface area (Å²) in [4.78, 5) is 18.2. The van der Waals surface area contributed by atoms with Crippen molar-refractivity contribution in [1.29, 1.82) is 0 Å². The van der Waals surface area contributed by atoms with Crippen molar-refractivity contribution >= 4 is 17.5 Å². The van der Waals surface area contributed by atoms with Crippen LogP contribution in [-0.4, -0.2) is 34.7 Å². The Hall–Kier alpha value is -3.28. The number of carbonyl (C=O) groups is 1. The largest absolute Gasteiger partial charge is 0.358 e. The molecule has 0 atom stereocenters. The SMILES string of the molecule is Cc1cccc(CC(=O)Nc2ccc(N(C)CCc3ccncc3)nn2)c1. The summed E-state index contributed by atoms with van der Waals surface area (Å²) in [6.45, 7) is 2.83. The van der Waals surface area contributed by atoms with Crippen LogP contribution in [0.2, 0.25) is 0 Å². The van der Waals surface area contributed by atoms with Crippen molar-refractivity contribution in [2.24, 2.45) is 0 Å². The fourth-order valence-electron chi connectivity index (χ4n) is 2.75. The van der Waals surface area contributed by atoms with E-state index in [0.717, 1.165) is 29.9 Å². The third-order valence-corrected chi connectivity index (χ3v) is 4.24. The second-order valence-corrected chi connectivity index (χ2v) is 6.52. The first-order valence-corrected chi connectivity index (χ1v) is 8.89. The number of anilines is 2. The Morgan fingerprint density at radius 3 is 2.56 bits per heavy atom. The number of likely N-dealkylation sites (N-methyl/N-ethyl adjacent to an activating group) is 1. The smallest absolute Gasteiger partial charge is 0.229 e. The highest BCUT2D eigenvalue weighted by molar-refractivity contribution is 5.91. The minimum absolute atomic E-state index is 0.103. The summed E-state index contributed by atoms with van der Waals surface area (Å²) in [6.07, 6.45) is 4.80. The topological polar surface area (TPSA) is 71.0 Å². The van der Waals surface area contributed by atoms with Gasteiger partial charge in [0, 0.05) is 26.0 Å².